The molecule has 2 aromatic rings. The first-order chi connectivity index (χ1) is 15.0. The van der Waals surface area contributed by atoms with Crippen LogP contribution in [0.1, 0.15) is 71.3 Å². The topological polar surface area (TPSA) is 61.8 Å². The number of halogens is 1. The van der Waals surface area contributed by atoms with Gasteiger partial charge < -0.3 is 10.2 Å². The predicted molar refractivity (Wildman–Crippen MR) is 129 cm³/mol. The molecule has 0 radical (unpaired) electrons. The Labute approximate surface area is 195 Å². The largest absolute Gasteiger partial charge is 0.349 e. The highest BCUT2D eigenvalue weighted by atomic mass is 79.9. The van der Waals surface area contributed by atoms with Crippen LogP contribution >= 0.6 is 27.3 Å². The van der Waals surface area contributed by atoms with E-state index in [1.165, 1.54) is 24.1 Å². The molecule has 162 valence electrons. The van der Waals surface area contributed by atoms with Gasteiger partial charge in [0.25, 0.3) is 11.8 Å². The van der Waals surface area contributed by atoms with Crippen molar-refractivity contribution in [3.63, 3.8) is 0 Å². The Kier molecular flexibility index (Phi) is 5.73. The molecule has 5 rings (SSSR count). The molecule has 1 aromatic carbocycles. The smallest absolute Gasteiger partial charge is 0.277 e. The van der Waals surface area contributed by atoms with Gasteiger partial charge in [-0.25, -0.2) is 4.99 Å². The van der Waals surface area contributed by atoms with Gasteiger partial charge in [-0.15, -0.1) is 11.3 Å². The minimum Gasteiger partial charge on any atom is -0.349 e. The average molecular weight is 500 g/mol. The summed E-state index contributed by atoms with van der Waals surface area (Å²) in [5, 5.41) is 3.97. The number of fused-ring (bicyclic) bond motifs is 2. The average Bonchev–Trinajstić information content (AvgIpc) is 3.25. The fraction of sp³-hybridized carbons (Fsp3) is 0.458. The van der Waals surface area contributed by atoms with Gasteiger partial charge in [0, 0.05) is 28.0 Å². The third-order valence-electron chi connectivity index (χ3n) is 6.62. The van der Waals surface area contributed by atoms with E-state index in [-0.39, 0.29) is 17.9 Å². The molecule has 3 aliphatic rings. The van der Waals surface area contributed by atoms with Crippen molar-refractivity contribution in [3.05, 3.63) is 44.2 Å². The normalized spacial score (nSPS) is 20.1. The van der Waals surface area contributed by atoms with E-state index >= 15 is 0 Å². The number of amides is 2. The van der Waals surface area contributed by atoms with Crippen LogP contribution in [0.2, 0.25) is 0 Å². The summed E-state index contributed by atoms with van der Waals surface area (Å²) < 4.78 is 0.905. The number of carbonyl (C=O) groups is 2. The molecule has 0 saturated heterocycles. The van der Waals surface area contributed by atoms with Gasteiger partial charge in [-0.2, -0.15) is 0 Å². The molecule has 5 nitrogen and oxygen atoms in total. The standard InChI is InChI=1S/C24H26BrN3O2S/c1-28-18-12-11-14(25)13-17(18)21(24(28)30)27-23-20(16-9-5-6-10-19(16)31-23)22(29)26-15-7-3-2-4-8-15/h11-13,15H,2-10H2,1H3,(H,26,29)/b27-21-. The van der Waals surface area contributed by atoms with Gasteiger partial charge in [0.15, 0.2) is 0 Å². The molecule has 2 amide bonds. The number of likely N-dealkylation sites (N-methyl/N-ethyl adjacent to an activating group) is 1. The minimum atomic E-state index is -0.127. The van der Waals surface area contributed by atoms with Crippen molar-refractivity contribution in [2.24, 2.45) is 4.99 Å². The van der Waals surface area contributed by atoms with Gasteiger partial charge in [0.2, 0.25) is 0 Å². The zero-order chi connectivity index (χ0) is 21.5. The fourth-order valence-electron chi connectivity index (χ4n) is 4.95. The van der Waals surface area contributed by atoms with E-state index in [9.17, 15) is 9.59 Å². The van der Waals surface area contributed by atoms with Crippen LogP contribution in [0.25, 0.3) is 0 Å². The fourth-order valence-corrected chi connectivity index (χ4v) is 6.58. The van der Waals surface area contributed by atoms with E-state index < -0.39 is 0 Å². The summed E-state index contributed by atoms with van der Waals surface area (Å²) in [6, 6.07) is 6.04. The molecule has 1 aliphatic heterocycles. The summed E-state index contributed by atoms with van der Waals surface area (Å²) in [5.41, 5.74) is 3.94. The number of anilines is 1. The Morgan fingerprint density at radius 3 is 2.74 bits per heavy atom. The highest BCUT2D eigenvalue weighted by Crippen LogP contribution is 2.41. The second-order valence-electron chi connectivity index (χ2n) is 8.69. The number of aryl methyl sites for hydroxylation is 1. The van der Waals surface area contributed by atoms with Gasteiger partial charge in [-0.05, 0) is 62.3 Å². The van der Waals surface area contributed by atoms with Crippen LogP contribution < -0.4 is 10.2 Å². The van der Waals surface area contributed by atoms with Crippen LogP contribution in [0.5, 0.6) is 0 Å². The Morgan fingerprint density at radius 1 is 1.16 bits per heavy atom. The van der Waals surface area contributed by atoms with Gasteiger partial charge in [0.1, 0.15) is 10.7 Å². The maximum atomic E-state index is 13.4. The minimum absolute atomic E-state index is 0.0149. The molecule has 1 saturated carbocycles. The molecule has 0 atom stereocenters. The summed E-state index contributed by atoms with van der Waals surface area (Å²) in [5.74, 6) is -0.142. The second kappa shape index (κ2) is 8.51. The first-order valence-corrected chi connectivity index (χ1v) is 12.8. The molecule has 31 heavy (non-hydrogen) atoms. The molecule has 1 N–H and O–H groups in total. The number of aliphatic imine (C=N–C) groups is 1. The first-order valence-electron chi connectivity index (χ1n) is 11.1. The Hall–Kier alpha value is -1.99. The predicted octanol–water partition coefficient (Wildman–Crippen LogP) is 5.55. The zero-order valence-electron chi connectivity index (χ0n) is 17.7. The molecular formula is C24H26BrN3O2S. The third-order valence-corrected chi connectivity index (χ3v) is 8.29. The summed E-state index contributed by atoms with van der Waals surface area (Å²) in [6.07, 6.45) is 9.85. The van der Waals surface area contributed by atoms with E-state index in [4.69, 9.17) is 4.99 Å². The second-order valence-corrected chi connectivity index (χ2v) is 10.7. The molecular weight excluding hydrogens is 474 g/mol. The summed E-state index contributed by atoms with van der Waals surface area (Å²) >= 11 is 5.10. The van der Waals surface area contributed by atoms with Crippen molar-refractivity contribution in [3.8, 4) is 0 Å². The number of nitrogens with zero attached hydrogens (tertiary/aromatic N) is 2. The van der Waals surface area contributed by atoms with Crippen molar-refractivity contribution in [2.75, 3.05) is 11.9 Å². The maximum Gasteiger partial charge on any atom is 0.277 e. The molecule has 0 spiro atoms. The quantitative estimate of drug-likeness (QED) is 0.601. The third kappa shape index (κ3) is 3.87. The highest BCUT2D eigenvalue weighted by Gasteiger charge is 2.33. The molecule has 0 bridgehead atoms. The lowest BCUT2D eigenvalue weighted by molar-refractivity contribution is -0.111. The SMILES string of the molecule is CN1C(=O)/C(=N\c2sc3c(c2C(=O)NC2CCCCC2)CCCC3)c2cc(Br)ccc21. The molecule has 2 aliphatic carbocycles. The molecule has 7 heteroatoms. The molecule has 0 unspecified atom stereocenters. The van der Waals surface area contributed by atoms with Crippen LogP contribution in [0.4, 0.5) is 10.7 Å². The summed E-state index contributed by atoms with van der Waals surface area (Å²) in [6.45, 7) is 0. The van der Waals surface area contributed by atoms with E-state index in [0.717, 1.165) is 59.8 Å². The number of hydrogen-bond acceptors (Lipinski definition) is 4. The Balaban J connectivity index is 1.57. The van der Waals surface area contributed by atoms with Crippen LogP contribution in [0.15, 0.2) is 27.7 Å². The van der Waals surface area contributed by atoms with Crippen molar-refractivity contribution >= 4 is 55.5 Å². The van der Waals surface area contributed by atoms with Crippen molar-refractivity contribution in [1.82, 2.24) is 5.32 Å². The van der Waals surface area contributed by atoms with Crippen LogP contribution in [-0.2, 0) is 17.6 Å². The number of rotatable bonds is 3. The number of nitrogens with one attached hydrogen (secondary N) is 1. The number of benzene rings is 1. The van der Waals surface area contributed by atoms with E-state index in [2.05, 4.69) is 21.2 Å². The van der Waals surface area contributed by atoms with Crippen molar-refractivity contribution in [2.45, 2.75) is 63.8 Å². The first kappa shape index (κ1) is 20.9. The van der Waals surface area contributed by atoms with Gasteiger partial charge >= 0.3 is 0 Å². The van der Waals surface area contributed by atoms with Crippen LogP contribution in [-0.4, -0.2) is 30.6 Å². The lowest BCUT2D eigenvalue weighted by atomic mass is 9.93. The van der Waals surface area contributed by atoms with Gasteiger partial charge in [-0.3, -0.25) is 9.59 Å². The van der Waals surface area contributed by atoms with E-state index in [1.54, 1.807) is 23.3 Å². The monoisotopic (exact) mass is 499 g/mol. The van der Waals surface area contributed by atoms with Crippen molar-refractivity contribution < 1.29 is 9.59 Å². The Morgan fingerprint density at radius 2 is 1.94 bits per heavy atom. The highest BCUT2D eigenvalue weighted by molar-refractivity contribution is 9.10. The van der Waals surface area contributed by atoms with Crippen LogP contribution in [0, 0.1) is 0 Å². The van der Waals surface area contributed by atoms with Gasteiger partial charge in [0.05, 0.1) is 11.3 Å². The number of thiophene rings is 1. The summed E-state index contributed by atoms with van der Waals surface area (Å²) in [7, 11) is 1.77. The zero-order valence-corrected chi connectivity index (χ0v) is 20.1. The molecule has 1 aromatic heterocycles. The summed E-state index contributed by atoms with van der Waals surface area (Å²) in [4.78, 5) is 34.2. The molecule has 1 fully saturated rings. The Bertz CT molecular complexity index is 1080. The lowest BCUT2D eigenvalue weighted by Crippen LogP contribution is -2.36. The van der Waals surface area contributed by atoms with E-state index in [1.807, 2.05) is 18.2 Å². The van der Waals surface area contributed by atoms with E-state index in [0.29, 0.717) is 16.3 Å². The number of carbonyl (C=O) groups excluding carboxylic acids is 2. The maximum absolute atomic E-state index is 13.4. The number of hydrogen-bond donors (Lipinski definition) is 1. The van der Waals surface area contributed by atoms with Crippen LogP contribution in [0.3, 0.4) is 0 Å². The molecule has 2 heterocycles. The van der Waals surface area contributed by atoms with Gasteiger partial charge in [-0.1, -0.05) is 35.2 Å². The lowest BCUT2D eigenvalue weighted by Gasteiger charge is -2.23. The van der Waals surface area contributed by atoms with Crippen molar-refractivity contribution in [1.29, 1.82) is 0 Å².